The monoisotopic (exact) mass is 282 g/mol. The van der Waals surface area contributed by atoms with Gasteiger partial charge in [-0.05, 0) is 0 Å². The summed E-state index contributed by atoms with van der Waals surface area (Å²) >= 11 is 0. The number of hydrogen-bond donors (Lipinski definition) is 3. The molecular weight excluding hydrogens is 260 g/mol. The summed E-state index contributed by atoms with van der Waals surface area (Å²) in [5.74, 6) is 0.384. The Morgan fingerprint density at radius 2 is 2.10 bits per heavy atom. The Morgan fingerprint density at radius 1 is 1.45 bits per heavy atom. The second-order valence-corrected chi connectivity index (χ2v) is 6.28. The summed E-state index contributed by atoms with van der Waals surface area (Å²) in [6.45, 7) is 7.18. The molecule has 1 aliphatic heterocycles. The number of carbonyl (C=O) groups excluding carboxylic acids is 1. The predicted molar refractivity (Wildman–Crippen MR) is 72.4 cm³/mol. The largest absolute Gasteiger partial charge is 0.388 e. The van der Waals surface area contributed by atoms with Crippen molar-refractivity contribution >= 4 is 5.91 Å². The molecular formula is C13H22N4O3. The molecule has 1 aliphatic rings. The highest BCUT2D eigenvalue weighted by molar-refractivity contribution is 5.90. The lowest BCUT2D eigenvalue weighted by atomic mass is 9.94. The molecule has 0 radical (unpaired) electrons. The van der Waals surface area contributed by atoms with Gasteiger partial charge in [0.2, 0.25) is 5.82 Å². The van der Waals surface area contributed by atoms with Crippen molar-refractivity contribution in [3.05, 3.63) is 11.6 Å². The molecule has 112 valence electrons. The van der Waals surface area contributed by atoms with E-state index in [1.54, 1.807) is 0 Å². The molecule has 3 N–H and O–H groups in total. The molecule has 1 amide bonds. The van der Waals surface area contributed by atoms with Gasteiger partial charge in [0.25, 0.3) is 5.91 Å². The Labute approximate surface area is 118 Å². The average Bonchev–Trinajstić information content (AvgIpc) is 2.86. The maximum absolute atomic E-state index is 12.0. The second-order valence-electron chi connectivity index (χ2n) is 6.28. The molecule has 2 rings (SSSR count). The molecule has 1 aromatic rings. The molecule has 1 fully saturated rings. The van der Waals surface area contributed by atoms with Crippen LogP contribution in [0.15, 0.2) is 0 Å². The van der Waals surface area contributed by atoms with E-state index >= 15 is 0 Å². The summed E-state index contributed by atoms with van der Waals surface area (Å²) in [5, 5.41) is 19.6. The summed E-state index contributed by atoms with van der Waals surface area (Å²) < 4.78 is 5.19. The number of amides is 1. The molecule has 1 aromatic heterocycles. The lowest BCUT2D eigenvalue weighted by Crippen LogP contribution is -2.46. The van der Waals surface area contributed by atoms with Crippen molar-refractivity contribution in [2.24, 2.45) is 0 Å². The second kappa shape index (κ2) is 5.49. The van der Waals surface area contributed by atoms with Crippen LogP contribution in [0.1, 0.15) is 50.1 Å². The maximum Gasteiger partial charge on any atom is 0.291 e. The van der Waals surface area contributed by atoms with E-state index in [-0.39, 0.29) is 23.7 Å². The molecule has 7 heteroatoms. The fourth-order valence-corrected chi connectivity index (χ4v) is 1.95. The molecule has 0 bridgehead atoms. The predicted octanol–water partition coefficient (Wildman–Crippen LogP) is 0.373. The van der Waals surface area contributed by atoms with Crippen molar-refractivity contribution in [1.29, 1.82) is 0 Å². The summed E-state index contributed by atoms with van der Waals surface area (Å²) in [4.78, 5) is 16.2. The van der Waals surface area contributed by atoms with Crippen LogP contribution >= 0.6 is 0 Å². The van der Waals surface area contributed by atoms with Crippen LogP contribution in [0, 0.1) is 0 Å². The van der Waals surface area contributed by atoms with Crippen molar-refractivity contribution in [2.45, 2.75) is 44.6 Å². The van der Waals surface area contributed by atoms with Gasteiger partial charge in [-0.15, -0.1) is 5.10 Å². The topological polar surface area (TPSA) is 100 Å². The minimum absolute atomic E-state index is 0.102. The Hall–Kier alpha value is -1.47. The van der Waals surface area contributed by atoms with Crippen molar-refractivity contribution in [3.63, 3.8) is 0 Å². The van der Waals surface area contributed by atoms with E-state index < -0.39 is 5.60 Å². The average molecular weight is 282 g/mol. The van der Waals surface area contributed by atoms with E-state index in [0.29, 0.717) is 31.9 Å². The molecule has 0 spiro atoms. The highest BCUT2D eigenvalue weighted by atomic mass is 16.5. The van der Waals surface area contributed by atoms with Crippen LogP contribution < -0.4 is 5.32 Å². The number of hydrogen-bond acceptors (Lipinski definition) is 5. The van der Waals surface area contributed by atoms with E-state index in [9.17, 15) is 9.90 Å². The van der Waals surface area contributed by atoms with Gasteiger partial charge >= 0.3 is 0 Å². The minimum atomic E-state index is -0.892. The number of aliphatic hydroxyl groups is 1. The van der Waals surface area contributed by atoms with E-state index in [1.165, 1.54) is 0 Å². The van der Waals surface area contributed by atoms with Crippen LogP contribution in [0.25, 0.3) is 0 Å². The number of aromatic amines is 1. The number of H-pyrrole nitrogens is 1. The fraction of sp³-hybridized carbons (Fsp3) is 0.769. The van der Waals surface area contributed by atoms with Crippen LogP contribution in [0.4, 0.5) is 0 Å². The summed E-state index contributed by atoms with van der Waals surface area (Å²) in [7, 11) is 0. The van der Waals surface area contributed by atoms with Gasteiger partial charge in [0.15, 0.2) is 0 Å². The van der Waals surface area contributed by atoms with E-state index in [1.807, 2.05) is 20.8 Å². The van der Waals surface area contributed by atoms with Gasteiger partial charge in [0.05, 0.1) is 5.60 Å². The number of nitrogens with zero attached hydrogens (tertiary/aromatic N) is 2. The van der Waals surface area contributed by atoms with Gasteiger partial charge in [-0.1, -0.05) is 20.8 Å². The van der Waals surface area contributed by atoms with Crippen molar-refractivity contribution in [3.8, 4) is 0 Å². The van der Waals surface area contributed by atoms with Crippen LogP contribution in [-0.2, 0) is 10.2 Å². The van der Waals surface area contributed by atoms with Gasteiger partial charge in [-0.2, -0.15) is 0 Å². The van der Waals surface area contributed by atoms with Gasteiger partial charge in [0.1, 0.15) is 5.82 Å². The first kappa shape index (κ1) is 14.9. The summed E-state index contributed by atoms with van der Waals surface area (Å²) in [6.07, 6.45) is 1.04. The molecule has 20 heavy (non-hydrogen) atoms. The lowest BCUT2D eigenvalue weighted by Gasteiger charge is -2.31. The van der Waals surface area contributed by atoms with Crippen molar-refractivity contribution in [1.82, 2.24) is 20.5 Å². The summed E-state index contributed by atoms with van der Waals surface area (Å²) in [5.41, 5.74) is -1.08. The van der Waals surface area contributed by atoms with Gasteiger partial charge in [0, 0.05) is 38.0 Å². The number of nitrogens with one attached hydrogen (secondary N) is 2. The third-order valence-electron chi connectivity index (χ3n) is 3.40. The van der Waals surface area contributed by atoms with E-state index in [4.69, 9.17) is 4.74 Å². The fourth-order valence-electron chi connectivity index (χ4n) is 1.95. The van der Waals surface area contributed by atoms with Gasteiger partial charge in [-0.25, -0.2) is 4.98 Å². The van der Waals surface area contributed by atoms with Gasteiger partial charge < -0.3 is 15.2 Å². The first-order chi connectivity index (χ1) is 9.30. The molecule has 7 nitrogen and oxygen atoms in total. The van der Waals surface area contributed by atoms with E-state index in [2.05, 4.69) is 20.5 Å². The van der Waals surface area contributed by atoms with Crippen molar-refractivity contribution in [2.75, 3.05) is 19.8 Å². The molecule has 0 aliphatic carbocycles. The zero-order valence-corrected chi connectivity index (χ0v) is 12.2. The Kier molecular flexibility index (Phi) is 4.10. The highest BCUT2D eigenvalue weighted by Crippen LogP contribution is 2.20. The molecule has 0 saturated carbocycles. The summed E-state index contributed by atoms with van der Waals surface area (Å²) in [6, 6.07) is 0. The van der Waals surface area contributed by atoms with Crippen LogP contribution in [0.5, 0.6) is 0 Å². The number of ether oxygens (including phenoxy) is 1. The molecule has 0 atom stereocenters. The zero-order valence-electron chi connectivity index (χ0n) is 12.2. The smallest absolute Gasteiger partial charge is 0.291 e. The SMILES string of the molecule is CC(C)(C)c1nc(C(=O)NCC2(O)CCOCC2)n[nH]1. The Morgan fingerprint density at radius 3 is 2.65 bits per heavy atom. The number of aromatic nitrogens is 3. The van der Waals surface area contributed by atoms with Crippen molar-refractivity contribution < 1.29 is 14.6 Å². The van der Waals surface area contributed by atoms with E-state index in [0.717, 1.165) is 0 Å². The van der Waals surface area contributed by atoms with Crippen LogP contribution in [-0.4, -0.2) is 51.6 Å². The zero-order chi connectivity index (χ0) is 14.8. The first-order valence-electron chi connectivity index (χ1n) is 6.81. The van der Waals surface area contributed by atoms with Gasteiger partial charge in [-0.3, -0.25) is 9.89 Å². The first-order valence-corrected chi connectivity index (χ1v) is 6.81. The normalized spacial score (nSPS) is 18.8. The minimum Gasteiger partial charge on any atom is -0.388 e. The number of carbonyl (C=O) groups is 1. The highest BCUT2D eigenvalue weighted by Gasteiger charge is 2.31. The molecule has 0 unspecified atom stereocenters. The molecule has 0 aromatic carbocycles. The van der Waals surface area contributed by atoms with Crippen LogP contribution in [0.2, 0.25) is 0 Å². The molecule has 1 saturated heterocycles. The third-order valence-corrected chi connectivity index (χ3v) is 3.40. The lowest BCUT2D eigenvalue weighted by molar-refractivity contribution is -0.0605. The Balaban J connectivity index is 1.93. The van der Waals surface area contributed by atoms with Crippen LogP contribution in [0.3, 0.4) is 0 Å². The molecule has 2 heterocycles. The third kappa shape index (κ3) is 3.55. The maximum atomic E-state index is 12.0. The Bertz CT molecular complexity index is 472. The quantitative estimate of drug-likeness (QED) is 0.744. The standard InChI is InChI=1S/C13H22N4O3/c1-12(2,3)11-15-9(16-17-11)10(18)14-8-13(19)4-6-20-7-5-13/h19H,4-8H2,1-3H3,(H,14,18)(H,15,16,17). The number of rotatable bonds is 3.